The molecule has 0 aliphatic heterocycles. The molecule has 4 rings (SSSR count). The van der Waals surface area contributed by atoms with E-state index in [1.807, 2.05) is 55.6 Å². The molecule has 1 aromatic heterocycles. The van der Waals surface area contributed by atoms with Crippen molar-refractivity contribution in [2.45, 2.75) is 39.4 Å². The van der Waals surface area contributed by atoms with E-state index in [0.29, 0.717) is 24.3 Å². The lowest BCUT2D eigenvalue weighted by Gasteiger charge is -2.25. The van der Waals surface area contributed by atoms with Gasteiger partial charge in [0.15, 0.2) is 0 Å². The topological polar surface area (TPSA) is 69.6 Å². The van der Waals surface area contributed by atoms with Crippen LogP contribution in [0.2, 0.25) is 0 Å². The number of carbonyl (C=O) groups is 2. The van der Waals surface area contributed by atoms with Gasteiger partial charge in [-0.15, -0.1) is 11.3 Å². The number of aliphatic carboxylic acids is 1. The van der Waals surface area contributed by atoms with Crippen LogP contribution in [0, 0.1) is 13.8 Å². The lowest BCUT2D eigenvalue weighted by Crippen LogP contribution is -2.41. The highest BCUT2D eigenvalue weighted by molar-refractivity contribution is 7.98. The van der Waals surface area contributed by atoms with Gasteiger partial charge in [0, 0.05) is 18.7 Å². The van der Waals surface area contributed by atoms with Crippen LogP contribution in [0.25, 0.3) is 11.1 Å². The molecule has 202 valence electrons. The molecule has 1 atom stereocenters. The fourth-order valence-electron chi connectivity index (χ4n) is 4.63. The van der Waals surface area contributed by atoms with Gasteiger partial charge in [-0.1, -0.05) is 60.7 Å². The quantitative estimate of drug-likeness (QED) is 0.193. The number of rotatable bonds is 12. The Balaban J connectivity index is 1.71. The summed E-state index contributed by atoms with van der Waals surface area (Å²) in [5, 5.41) is 15.8. The van der Waals surface area contributed by atoms with Crippen LogP contribution in [0.1, 0.15) is 39.0 Å². The van der Waals surface area contributed by atoms with Crippen molar-refractivity contribution in [1.29, 1.82) is 0 Å². The smallest absolute Gasteiger partial charge is 0.326 e. The monoisotopic (exact) mass is 558 g/mol. The molecule has 4 aromatic rings. The molecular formula is C32H34N2O3S2. The van der Waals surface area contributed by atoms with Crippen molar-refractivity contribution in [1.82, 2.24) is 5.32 Å². The Morgan fingerprint density at radius 1 is 0.897 bits per heavy atom. The van der Waals surface area contributed by atoms with Crippen molar-refractivity contribution < 1.29 is 14.7 Å². The van der Waals surface area contributed by atoms with E-state index in [4.69, 9.17) is 0 Å². The minimum atomic E-state index is -1.02. The summed E-state index contributed by atoms with van der Waals surface area (Å²) in [6.45, 7) is 5.59. The van der Waals surface area contributed by atoms with E-state index < -0.39 is 12.0 Å². The molecule has 0 fully saturated rings. The van der Waals surface area contributed by atoms with Gasteiger partial charge in [0.25, 0.3) is 5.91 Å². The average molecular weight is 559 g/mol. The number of aryl methyl sites for hydroxylation is 2. The minimum absolute atomic E-state index is 0.370. The number of benzene rings is 3. The SMILES string of the molecule is CSCC[C@H](NC(=O)c1ccc(CN(Cc2ccccc2)c2sccc2C)cc1-c1ccccc1C)C(=O)O. The number of thioether (sulfide) groups is 1. The van der Waals surface area contributed by atoms with E-state index in [9.17, 15) is 14.7 Å². The van der Waals surface area contributed by atoms with Crippen molar-refractivity contribution in [3.8, 4) is 11.1 Å². The Morgan fingerprint density at radius 2 is 1.62 bits per heavy atom. The lowest BCUT2D eigenvalue weighted by molar-refractivity contribution is -0.139. The Bertz CT molecular complexity index is 1420. The summed E-state index contributed by atoms with van der Waals surface area (Å²) in [6.07, 6.45) is 2.29. The highest BCUT2D eigenvalue weighted by Gasteiger charge is 2.23. The van der Waals surface area contributed by atoms with Gasteiger partial charge in [-0.3, -0.25) is 4.79 Å². The molecule has 5 nitrogen and oxygen atoms in total. The number of thiophene rings is 1. The number of hydrogen-bond donors (Lipinski definition) is 2. The summed E-state index contributed by atoms with van der Waals surface area (Å²) >= 11 is 3.29. The fourth-order valence-corrected chi connectivity index (χ4v) is 6.03. The molecule has 7 heteroatoms. The number of nitrogens with zero attached hydrogens (tertiary/aromatic N) is 1. The summed E-state index contributed by atoms with van der Waals surface area (Å²) in [4.78, 5) is 27.6. The van der Waals surface area contributed by atoms with Crippen LogP contribution >= 0.6 is 23.1 Å². The molecule has 2 N–H and O–H groups in total. The molecular weight excluding hydrogens is 524 g/mol. The van der Waals surface area contributed by atoms with Crippen molar-refractivity contribution in [2.24, 2.45) is 0 Å². The standard InChI is InChI=1S/C32H34N2O3S2/c1-22-9-7-8-12-26(22)28-19-25(13-14-27(28)30(35)33-29(32(36)37)16-17-38-3)21-34(31-23(2)15-18-39-31)20-24-10-5-4-6-11-24/h4-15,18-19,29H,16-17,20-21H2,1-3H3,(H,33,35)(H,36,37)/t29-/m0/s1. The van der Waals surface area contributed by atoms with Gasteiger partial charge in [0.2, 0.25) is 0 Å². The molecule has 1 amide bonds. The zero-order valence-corrected chi connectivity index (χ0v) is 24.1. The largest absolute Gasteiger partial charge is 0.480 e. The summed E-state index contributed by atoms with van der Waals surface area (Å²) < 4.78 is 0. The molecule has 0 aliphatic rings. The zero-order chi connectivity index (χ0) is 27.8. The van der Waals surface area contributed by atoms with Crippen LogP contribution in [0.5, 0.6) is 0 Å². The van der Waals surface area contributed by atoms with Gasteiger partial charge in [-0.25, -0.2) is 4.79 Å². The number of nitrogens with one attached hydrogen (secondary N) is 1. The molecule has 3 aromatic carbocycles. The first-order chi connectivity index (χ1) is 18.9. The summed E-state index contributed by atoms with van der Waals surface area (Å²) in [7, 11) is 0. The third-order valence-electron chi connectivity index (χ3n) is 6.69. The first kappa shape index (κ1) is 28.5. The van der Waals surface area contributed by atoms with Gasteiger partial charge in [0.1, 0.15) is 6.04 Å². The van der Waals surface area contributed by atoms with E-state index in [0.717, 1.165) is 28.8 Å². The molecule has 0 spiro atoms. The van der Waals surface area contributed by atoms with Crippen molar-refractivity contribution in [2.75, 3.05) is 16.9 Å². The maximum Gasteiger partial charge on any atom is 0.326 e. The number of carboxylic acids is 1. The predicted molar refractivity (Wildman–Crippen MR) is 164 cm³/mol. The molecule has 0 saturated heterocycles. The van der Waals surface area contributed by atoms with E-state index in [1.165, 1.54) is 16.1 Å². The number of hydrogen-bond acceptors (Lipinski definition) is 5. The number of anilines is 1. The number of carbonyl (C=O) groups excluding carboxylic acids is 1. The van der Waals surface area contributed by atoms with Crippen LogP contribution in [0.15, 0.2) is 84.2 Å². The van der Waals surface area contributed by atoms with Crippen LogP contribution in [0.3, 0.4) is 0 Å². The molecule has 0 saturated carbocycles. The average Bonchev–Trinajstić information content (AvgIpc) is 3.37. The summed E-state index contributed by atoms with van der Waals surface area (Å²) in [5.74, 6) is -0.738. The van der Waals surface area contributed by atoms with Crippen molar-refractivity contribution in [3.05, 3.63) is 112 Å². The molecule has 0 aliphatic carbocycles. The van der Waals surface area contributed by atoms with Gasteiger partial charge >= 0.3 is 5.97 Å². The molecule has 0 radical (unpaired) electrons. The summed E-state index contributed by atoms with van der Waals surface area (Å²) in [6, 6.07) is 25.5. The second kappa shape index (κ2) is 13.5. The number of amides is 1. The van der Waals surface area contributed by atoms with Gasteiger partial charge in [-0.2, -0.15) is 11.8 Å². The summed E-state index contributed by atoms with van der Waals surface area (Å²) in [5.41, 5.74) is 6.83. The minimum Gasteiger partial charge on any atom is -0.480 e. The van der Waals surface area contributed by atoms with Crippen LogP contribution in [-0.2, 0) is 17.9 Å². The number of carboxylic acid groups (broad SMARTS) is 1. The first-order valence-corrected chi connectivity index (χ1v) is 15.2. The Hall–Kier alpha value is -3.55. The molecule has 0 unspecified atom stereocenters. The van der Waals surface area contributed by atoms with E-state index in [1.54, 1.807) is 23.1 Å². The second-order valence-corrected chi connectivity index (χ2v) is 11.5. The Morgan fingerprint density at radius 3 is 2.28 bits per heavy atom. The van der Waals surface area contributed by atoms with Gasteiger partial charge < -0.3 is 15.3 Å². The zero-order valence-electron chi connectivity index (χ0n) is 22.5. The Labute approximate surface area is 238 Å². The second-order valence-electron chi connectivity index (χ2n) is 9.59. The van der Waals surface area contributed by atoms with E-state index in [2.05, 4.69) is 58.9 Å². The first-order valence-electron chi connectivity index (χ1n) is 12.9. The molecule has 39 heavy (non-hydrogen) atoms. The third-order valence-corrected chi connectivity index (χ3v) is 8.41. The van der Waals surface area contributed by atoms with E-state index >= 15 is 0 Å². The molecule has 1 heterocycles. The van der Waals surface area contributed by atoms with Crippen LogP contribution < -0.4 is 10.2 Å². The predicted octanol–water partition coefficient (Wildman–Crippen LogP) is 7.17. The van der Waals surface area contributed by atoms with Gasteiger partial charge in [-0.05, 0) is 89.2 Å². The third kappa shape index (κ3) is 7.31. The van der Waals surface area contributed by atoms with Crippen molar-refractivity contribution >= 4 is 40.0 Å². The van der Waals surface area contributed by atoms with Crippen molar-refractivity contribution in [3.63, 3.8) is 0 Å². The van der Waals surface area contributed by atoms with Crippen LogP contribution in [-0.4, -0.2) is 35.0 Å². The lowest BCUT2D eigenvalue weighted by atomic mass is 9.93. The fraction of sp³-hybridized carbons (Fsp3) is 0.250. The van der Waals surface area contributed by atoms with E-state index in [-0.39, 0.29) is 5.91 Å². The Kier molecular flexibility index (Phi) is 9.85. The maximum absolute atomic E-state index is 13.4. The normalized spacial score (nSPS) is 11.7. The van der Waals surface area contributed by atoms with Gasteiger partial charge in [0.05, 0.1) is 5.00 Å². The highest BCUT2D eigenvalue weighted by Crippen LogP contribution is 2.32. The maximum atomic E-state index is 13.4. The molecule has 0 bridgehead atoms. The van der Waals surface area contributed by atoms with Crippen LogP contribution in [0.4, 0.5) is 5.00 Å². The highest BCUT2D eigenvalue weighted by atomic mass is 32.2.